The lowest BCUT2D eigenvalue weighted by Crippen LogP contribution is -2.47. The largest absolute Gasteiger partial charge is 0.487 e. The van der Waals surface area contributed by atoms with Gasteiger partial charge in [0.05, 0.1) is 17.6 Å². The summed E-state index contributed by atoms with van der Waals surface area (Å²) in [6.07, 6.45) is 1.52. The van der Waals surface area contributed by atoms with E-state index >= 15 is 0 Å². The molecule has 1 aromatic carbocycles. The maximum Gasteiger partial charge on any atom is 0.237 e. The van der Waals surface area contributed by atoms with Crippen LogP contribution in [0.4, 0.5) is 0 Å². The first-order chi connectivity index (χ1) is 9.99. The summed E-state index contributed by atoms with van der Waals surface area (Å²) in [5.41, 5.74) is 5.90. The Kier molecular flexibility index (Phi) is 7.54. The molecule has 0 spiro atoms. The Balaban J connectivity index is 2.52. The molecule has 0 aliphatic carbocycles. The molecule has 3 N–H and O–H groups in total. The highest BCUT2D eigenvalue weighted by molar-refractivity contribution is 6.32. The Morgan fingerprint density at radius 3 is 2.57 bits per heavy atom. The van der Waals surface area contributed by atoms with Crippen LogP contribution in [0.25, 0.3) is 0 Å². The van der Waals surface area contributed by atoms with E-state index in [2.05, 4.69) is 5.32 Å². The van der Waals surface area contributed by atoms with E-state index in [4.69, 9.17) is 22.1 Å². The zero-order chi connectivity index (χ0) is 15.8. The molecule has 0 aromatic heterocycles. The fourth-order valence-corrected chi connectivity index (χ4v) is 2.01. The first-order valence-corrected chi connectivity index (χ1v) is 7.81. The molecular formula is C16H25ClN2O2. The zero-order valence-electron chi connectivity index (χ0n) is 12.9. The molecule has 3 unspecified atom stereocenters. The van der Waals surface area contributed by atoms with Crippen LogP contribution in [0.5, 0.6) is 5.75 Å². The molecule has 0 bridgehead atoms. The molecule has 0 heterocycles. The van der Waals surface area contributed by atoms with Gasteiger partial charge in [0.1, 0.15) is 11.9 Å². The van der Waals surface area contributed by atoms with Crippen LogP contribution >= 0.6 is 11.6 Å². The van der Waals surface area contributed by atoms with Crippen LogP contribution in [0.15, 0.2) is 24.3 Å². The van der Waals surface area contributed by atoms with E-state index in [-0.39, 0.29) is 17.9 Å². The number of ether oxygens (including phenoxy) is 1. The van der Waals surface area contributed by atoms with Gasteiger partial charge in [-0.3, -0.25) is 4.79 Å². The second-order valence-corrected chi connectivity index (χ2v) is 5.64. The smallest absolute Gasteiger partial charge is 0.237 e. The quantitative estimate of drug-likeness (QED) is 0.775. The minimum Gasteiger partial charge on any atom is -0.487 e. The first-order valence-electron chi connectivity index (χ1n) is 7.44. The fraction of sp³-hybridized carbons (Fsp3) is 0.562. The topological polar surface area (TPSA) is 64.4 Å². The summed E-state index contributed by atoms with van der Waals surface area (Å²) in [6, 6.07) is 6.83. The number of nitrogens with two attached hydrogens (primary N) is 1. The lowest BCUT2D eigenvalue weighted by atomic mass is 9.99. The summed E-state index contributed by atoms with van der Waals surface area (Å²) in [5, 5.41) is 3.42. The van der Waals surface area contributed by atoms with E-state index in [1.54, 1.807) is 6.07 Å². The molecule has 1 aromatic rings. The van der Waals surface area contributed by atoms with Gasteiger partial charge >= 0.3 is 0 Å². The molecule has 0 radical (unpaired) electrons. The Hall–Kier alpha value is -1.26. The zero-order valence-corrected chi connectivity index (χ0v) is 13.7. The Morgan fingerprint density at radius 1 is 1.33 bits per heavy atom. The average molecular weight is 313 g/mol. The van der Waals surface area contributed by atoms with Gasteiger partial charge < -0.3 is 15.8 Å². The van der Waals surface area contributed by atoms with E-state index in [1.807, 2.05) is 39.0 Å². The third-order valence-corrected chi connectivity index (χ3v) is 3.96. The molecule has 4 nitrogen and oxygen atoms in total. The molecule has 0 saturated heterocycles. The maximum atomic E-state index is 12.0. The number of nitrogens with one attached hydrogen (secondary N) is 1. The summed E-state index contributed by atoms with van der Waals surface area (Å²) in [4.78, 5) is 12.0. The van der Waals surface area contributed by atoms with Gasteiger partial charge in [-0.05, 0) is 24.5 Å². The number of amides is 1. The molecule has 1 amide bonds. The van der Waals surface area contributed by atoms with Crippen molar-refractivity contribution in [2.75, 3.05) is 6.54 Å². The standard InChI is InChI=1S/C16H25ClN2O2/c1-4-11(3)15(18)16(20)19-10-12(5-2)21-14-9-7-6-8-13(14)17/h6-9,11-12,15H,4-5,10,18H2,1-3H3,(H,19,20). The summed E-state index contributed by atoms with van der Waals surface area (Å²) in [5.74, 6) is 0.659. The van der Waals surface area contributed by atoms with E-state index in [1.165, 1.54) is 0 Å². The van der Waals surface area contributed by atoms with E-state index in [0.717, 1.165) is 12.8 Å². The molecule has 0 aliphatic rings. The van der Waals surface area contributed by atoms with Crippen molar-refractivity contribution in [3.05, 3.63) is 29.3 Å². The number of rotatable bonds is 8. The number of benzene rings is 1. The second-order valence-electron chi connectivity index (χ2n) is 5.23. The van der Waals surface area contributed by atoms with Gasteiger partial charge in [0.25, 0.3) is 0 Å². The predicted octanol–water partition coefficient (Wildman–Crippen LogP) is 2.99. The van der Waals surface area contributed by atoms with Crippen molar-refractivity contribution in [1.82, 2.24) is 5.32 Å². The third-order valence-electron chi connectivity index (χ3n) is 3.65. The number of carbonyl (C=O) groups excluding carboxylic acids is 1. The minimum absolute atomic E-state index is 0.127. The number of halogens is 1. The van der Waals surface area contributed by atoms with Crippen LogP contribution in [0.1, 0.15) is 33.6 Å². The van der Waals surface area contributed by atoms with Crippen LogP contribution in [0.2, 0.25) is 5.02 Å². The van der Waals surface area contributed by atoms with E-state index in [0.29, 0.717) is 17.3 Å². The molecule has 5 heteroatoms. The first kappa shape index (κ1) is 17.8. The summed E-state index contributed by atoms with van der Waals surface area (Å²) in [6.45, 7) is 6.42. The van der Waals surface area contributed by atoms with Gasteiger partial charge in [-0.15, -0.1) is 0 Å². The molecule has 1 rings (SSSR count). The second kappa shape index (κ2) is 8.90. The lowest BCUT2D eigenvalue weighted by Gasteiger charge is -2.22. The molecule has 21 heavy (non-hydrogen) atoms. The van der Waals surface area contributed by atoms with Crippen molar-refractivity contribution < 1.29 is 9.53 Å². The Morgan fingerprint density at radius 2 is 2.00 bits per heavy atom. The van der Waals surface area contributed by atoms with Crippen molar-refractivity contribution in [2.45, 2.75) is 45.8 Å². The molecular weight excluding hydrogens is 288 g/mol. The van der Waals surface area contributed by atoms with Crippen LogP contribution in [0.3, 0.4) is 0 Å². The van der Waals surface area contributed by atoms with Gasteiger partial charge in [-0.2, -0.15) is 0 Å². The summed E-state index contributed by atoms with van der Waals surface area (Å²) >= 11 is 6.07. The molecule has 118 valence electrons. The third kappa shape index (κ3) is 5.56. The molecule has 3 atom stereocenters. The predicted molar refractivity (Wildman–Crippen MR) is 86.6 cm³/mol. The average Bonchev–Trinajstić information content (AvgIpc) is 2.51. The van der Waals surface area contributed by atoms with Crippen molar-refractivity contribution in [3.8, 4) is 5.75 Å². The number of carbonyl (C=O) groups is 1. The highest BCUT2D eigenvalue weighted by Gasteiger charge is 2.20. The van der Waals surface area contributed by atoms with Gasteiger partial charge in [0.15, 0.2) is 0 Å². The molecule has 0 fully saturated rings. The minimum atomic E-state index is -0.479. The number of hydrogen-bond donors (Lipinski definition) is 2. The van der Waals surface area contributed by atoms with Crippen LogP contribution in [-0.2, 0) is 4.79 Å². The maximum absolute atomic E-state index is 12.0. The van der Waals surface area contributed by atoms with E-state index < -0.39 is 6.04 Å². The lowest BCUT2D eigenvalue weighted by molar-refractivity contribution is -0.123. The highest BCUT2D eigenvalue weighted by atomic mass is 35.5. The Labute approximate surface area is 132 Å². The van der Waals surface area contributed by atoms with Crippen molar-refractivity contribution >= 4 is 17.5 Å². The molecule has 0 aliphatic heterocycles. The van der Waals surface area contributed by atoms with Crippen LogP contribution in [0, 0.1) is 5.92 Å². The summed E-state index contributed by atoms with van der Waals surface area (Å²) < 4.78 is 5.82. The molecule has 0 saturated carbocycles. The van der Waals surface area contributed by atoms with Crippen molar-refractivity contribution in [3.63, 3.8) is 0 Å². The monoisotopic (exact) mass is 312 g/mol. The SMILES string of the molecule is CCC(CNC(=O)C(N)C(C)CC)Oc1ccccc1Cl. The van der Waals surface area contributed by atoms with E-state index in [9.17, 15) is 4.79 Å². The Bertz CT molecular complexity index is 454. The number of hydrogen-bond acceptors (Lipinski definition) is 3. The van der Waals surface area contributed by atoms with Gasteiger partial charge in [-0.25, -0.2) is 0 Å². The van der Waals surface area contributed by atoms with Crippen LogP contribution in [-0.4, -0.2) is 24.6 Å². The summed E-state index contributed by atoms with van der Waals surface area (Å²) in [7, 11) is 0. The van der Waals surface area contributed by atoms with Crippen molar-refractivity contribution in [2.24, 2.45) is 11.7 Å². The van der Waals surface area contributed by atoms with Crippen LogP contribution < -0.4 is 15.8 Å². The van der Waals surface area contributed by atoms with Gasteiger partial charge in [-0.1, -0.05) is 50.9 Å². The normalized spacial score (nSPS) is 15.1. The van der Waals surface area contributed by atoms with Gasteiger partial charge in [0.2, 0.25) is 5.91 Å². The number of para-hydroxylation sites is 1. The fourth-order valence-electron chi connectivity index (χ4n) is 1.83. The highest BCUT2D eigenvalue weighted by Crippen LogP contribution is 2.24. The van der Waals surface area contributed by atoms with Crippen molar-refractivity contribution in [1.29, 1.82) is 0 Å². The van der Waals surface area contributed by atoms with Gasteiger partial charge in [0, 0.05) is 0 Å².